The molecule has 0 radical (unpaired) electrons. The molecule has 1 amide bonds. The number of aryl methyl sites for hydroxylation is 1. The number of para-hydroxylation sites is 1. The minimum Gasteiger partial charge on any atom is -0.349 e. The van der Waals surface area contributed by atoms with Crippen molar-refractivity contribution in [2.75, 3.05) is 7.05 Å². The van der Waals surface area contributed by atoms with Crippen LogP contribution in [0.2, 0.25) is 0 Å². The Bertz CT molecular complexity index is 1140. The van der Waals surface area contributed by atoms with Crippen LogP contribution in [0, 0.1) is 6.92 Å². The highest BCUT2D eigenvalue weighted by atomic mass is 16.1. The van der Waals surface area contributed by atoms with E-state index >= 15 is 0 Å². The number of nitrogens with one attached hydrogen (secondary N) is 1. The Hall–Kier alpha value is -2.73. The summed E-state index contributed by atoms with van der Waals surface area (Å²) < 4.78 is 1.89. The minimum atomic E-state index is 0.0268. The molecule has 4 heterocycles. The number of piperidine rings is 1. The standard InChI is InChI=1S/C25H29N5O/c1-15-23-21(25(31)26-17-12-19-10-11-20(13-17)29(19)2)14-22(16-8-9-16)27-24(23)30(28-15)18-6-4-3-5-7-18/h3-7,14,16-17,19-20H,8-13H2,1-2H3,(H,26,31)/t19-,20-/m0/s1. The van der Waals surface area contributed by atoms with Gasteiger partial charge >= 0.3 is 0 Å². The minimum absolute atomic E-state index is 0.0268. The molecule has 3 fully saturated rings. The summed E-state index contributed by atoms with van der Waals surface area (Å²) in [6, 6.07) is 13.6. The molecule has 2 bridgehead atoms. The summed E-state index contributed by atoms with van der Waals surface area (Å²) >= 11 is 0. The van der Waals surface area contributed by atoms with E-state index in [2.05, 4.69) is 17.3 Å². The van der Waals surface area contributed by atoms with Crippen molar-refractivity contribution in [2.24, 2.45) is 0 Å². The highest BCUT2D eigenvalue weighted by Crippen LogP contribution is 2.41. The van der Waals surface area contributed by atoms with Crippen LogP contribution in [0.1, 0.15) is 66.2 Å². The number of amides is 1. The number of rotatable bonds is 4. The summed E-state index contributed by atoms with van der Waals surface area (Å²) in [5, 5.41) is 9.04. The first-order chi connectivity index (χ1) is 15.1. The highest BCUT2D eigenvalue weighted by molar-refractivity contribution is 6.07. The molecule has 1 saturated carbocycles. The predicted octanol–water partition coefficient (Wildman–Crippen LogP) is 3.96. The van der Waals surface area contributed by atoms with Gasteiger partial charge in [0.15, 0.2) is 5.65 Å². The molecule has 6 rings (SSSR count). The largest absolute Gasteiger partial charge is 0.349 e. The fraction of sp³-hybridized carbons (Fsp3) is 0.480. The van der Waals surface area contributed by atoms with Gasteiger partial charge in [0.2, 0.25) is 0 Å². The quantitative estimate of drug-likeness (QED) is 0.701. The number of aromatic nitrogens is 3. The zero-order valence-electron chi connectivity index (χ0n) is 18.2. The summed E-state index contributed by atoms with van der Waals surface area (Å²) in [5.41, 5.74) is 4.37. The van der Waals surface area contributed by atoms with E-state index in [9.17, 15) is 4.79 Å². The Labute approximate surface area is 182 Å². The monoisotopic (exact) mass is 415 g/mol. The lowest BCUT2D eigenvalue weighted by molar-refractivity contribution is 0.0884. The van der Waals surface area contributed by atoms with E-state index in [4.69, 9.17) is 10.1 Å². The van der Waals surface area contributed by atoms with E-state index in [0.29, 0.717) is 18.0 Å². The number of benzene rings is 1. The fourth-order valence-electron chi connectivity index (χ4n) is 5.62. The fourth-order valence-corrected chi connectivity index (χ4v) is 5.62. The van der Waals surface area contributed by atoms with Crippen LogP contribution in [0.25, 0.3) is 16.7 Å². The predicted molar refractivity (Wildman–Crippen MR) is 121 cm³/mol. The van der Waals surface area contributed by atoms with E-state index in [-0.39, 0.29) is 11.9 Å². The summed E-state index contributed by atoms with van der Waals surface area (Å²) in [7, 11) is 2.23. The molecule has 6 nitrogen and oxygen atoms in total. The average molecular weight is 416 g/mol. The van der Waals surface area contributed by atoms with Gasteiger partial charge in [-0.3, -0.25) is 4.79 Å². The Kier molecular flexibility index (Phi) is 4.39. The van der Waals surface area contributed by atoms with Gasteiger partial charge in [-0.1, -0.05) is 18.2 Å². The van der Waals surface area contributed by atoms with Crippen LogP contribution in [-0.2, 0) is 0 Å². The van der Waals surface area contributed by atoms with Gasteiger partial charge in [-0.05, 0) is 70.7 Å². The molecule has 160 valence electrons. The maximum Gasteiger partial charge on any atom is 0.252 e. The van der Waals surface area contributed by atoms with Crippen LogP contribution in [-0.4, -0.2) is 50.7 Å². The average Bonchev–Trinajstić information content (AvgIpc) is 3.55. The van der Waals surface area contributed by atoms with Gasteiger partial charge in [-0.25, -0.2) is 9.67 Å². The Balaban J connectivity index is 1.39. The van der Waals surface area contributed by atoms with Gasteiger partial charge < -0.3 is 10.2 Å². The second kappa shape index (κ2) is 7.16. The molecule has 1 aromatic carbocycles. The van der Waals surface area contributed by atoms with E-state index in [1.807, 2.05) is 48.0 Å². The molecule has 2 aliphatic heterocycles. The number of pyridine rings is 1. The second-order valence-electron chi connectivity index (χ2n) is 9.59. The summed E-state index contributed by atoms with van der Waals surface area (Å²) in [6.45, 7) is 1.98. The van der Waals surface area contributed by atoms with E-state index < -0.39 is 0 Å². The van der Waals surface area contributed by atoms with Crippen molar-refractivity contribution < 1.29 is 4.79 Å². The van der Waals surface area contributed by atoms with Crippen molar-refractivity contribution in [1.29, 1.82) is 0 Å². The molecule has 3 aliphatic rings. The van der Waals surface area contributed by atoms with Gasteiger partial charge in [-0.2, -0.15) is 5.10 Å². The lowest BCUT2D eigenvalue weighted by Gasteiger charge is -2.36. The number of hydrogen-bond acceptors (Lipinski definition) is 4. The molecule has 2 saturated heterocycles. The molecular formula is C25H29N5O. The second-order valence-corrected chi connectivity index (χ2v) is 9.59. The molecule has 0 spiro atoms. The van der Waals surface area contributed by atoms with Gasteiger partial charge in [-0.15, -0.1) is 0 Å². The summed E-state index contributed by atoms with van der Waals surface area (Å²) in [5.74, 6) is 0.494. The van der Waals surface area contributed by atoms with E-state index in [1.165, 1.54) is 12.8 Å². The van der Waals surface area contributed by atoms with Crippen LogP contribution in [0.5, 0.6) is 0 Å². The van der Waals surface area contributed by atoms with Crippen molar-refractivity contribution in [3.63, 3.8) is 0 Å². The third kappa shape index (κ3) is 3.24. The first-order valence-corrected chi connectivity index (χ1v) is 11.6. The number of fused-ring (bicyclic) bond motifs is 3. The van der Waals surface area contributed by atoms with Crippen molar-refractivity contribution in [1.82, 2.24) is 25.0 Å². The number of carbonyl (C=O) groups is 1. The van der Waals surface area contributed by atoms with Crippen molar-refractivity contribution in [3.8, 4) is 5.69 Å². The van der Waals surface area contributed by atoms with Crippen LogP contribution in [0.15, 0.2) is 36.4 Å². The molecule has 6 heteroatoms. The van der Waals surface area contributed by atoms with E-state index in [1.54, 1.807) is 0 Å². The molecular weight excluding hydrogens is 386 g/mol. The molecule has 1 aliphatic carbocycles. The van der Waals surface area contributed by atoms with Gasteiger partial charge in [0.1, 0.15) is 0 Å². The maximum absolute atomic E-state index is 13.5. The zero-order chi connectivity index (χ0) is 21.1. The third-order valence-corrected chi connectivity index (χ3v) is 7.51. The van der Waals surface area contributed by atoms with E-state index in [0.717, 1.165) is 59.4 Å². The smallest absolute Gasteiger partial charge is 0.252 e. The lowest BCUT2D eigenvalue weighted by atomic mass is 9.97. The normalized spacial score (nSPS) is 25.8. The van der Waals surface area contributed by atoms with Crippen molar-refractivity contribution >= 4 is 16.9 Å². The van der Waals surface area contributed by atoms with Crippen molar-refractivity contribution in [2.45, 2.75) is 69.5 Å². The SMILES string of the molecule is Cc1nn(-c2ccccc2)c2nc(C3CC3)cc(C(=O)NC3C[C@@H]4CC[C@@H](C3)N4C)c12. The molecule has 31 heavy (non-hydrogen) atoms. The first kappa shape index (κ1) is 19.0. The molecule has 2 atom stereocenters. The number of hydrogen-bond donors (Lipinski definition) is 1. The van der Waals surface area contributed by atoms with Crippen LogP contribution < -0.4 is 5.32 Å². The summed E-state index contributed by atoms with van der Waals surface area (Å²) in [6.07, 6.45) is 6.89. The van der Waals surface area contributed by atoms with Crippen LogP contribution in [0.3, 0.4) is 0 Å². The highest BCUT2D eigenvalue weighted by Gasteiger charge is 2.39. The molecule has 2 aromatic heterocycles. The molecule has 3 aromatic rings. The lowest BCUT2D eigenvalue weighted by Crippen LogP contribution is -2.48. The summed E-state index contributed by atoms with van der Waals surface area (Å²) in [4.78, 5) is 21.0. The van der Waals surface area contributed by atoms with Gasteiger partial charge in [0.05, 0.1) is 22.3 Å². The number of nitrogens with zero attached hydrogens (tertiary/aromatic N) is 4. The zero-order valence-corrected chi connectivity index (χ0v) is 18.2. The Morgan fingerprint density at radius 3 is 2.45 bits per heavy atom. The molecule has 0 unspecified atom stereocenters. The van der Waals surface area contributed by atoms with Gasteiger partial charge in [0, 0.05) is 29.7 Å². The Morgan fingerprint density at radius 1 is 1.06 bits per heavy atom. The number of carbonyl (C=O) groups excluding carboxylic acids is 1. The van der Waals surface area contributed by atoms with Crippen molar-refractivity contribution in [3.05, 3.63) is 53.3 Å². The Morgan fingerprint density at radius 2 is 1.77 bits per heavy atom. The topological polar surface area (TPSA) is 63.1 Å². The van der Waals surface area contributed by atoms with Gasteiger partial charge in [0.25, 0.3) is 5.91 Å². The maximum atomic E-state index is 13.5. The molecule has 1 N–H and O–H groups in total. The van der Waals surface area contributed by atoms with Crippen LogP contribution in [0.4, 0.5) is 0 Å². The van der Waals surface area contributed by atoms with Crippen LogP contribution >= 0.6 is 0 Å². The first-order valence-electron chi connectivity index (χ1n) is 11.6. The third-order valence-electron chi connectivity index (χ3n) is 7.51.